The van der Waals surface area contributed by atoms with Crippen molar-refractivity contribution in [3.63, 3.8) is 0 Å². The smallest absolute Gasteiger partial charge is 0.226 e. The van der Waals surface area contributed by atoms with Crippen LogP contribution in [0.3, 0.4) is 0 Å². The Morgan fingerprint density at radius 3 is 2.09 bits per heavy atom. The number of rotatable bonds is 6. The van der Waals surface area contributed by atoms with E-state index in [4.69, 9.17) is 4.98 Å². The van der Waals surface area contributed by atoms with E-state index in [9.17, 15) is 4.79 Å². The Bertz CT molecular complexity index is 1450. The van der Waals surface area contributed by atoms with Crippen molar-refractivity contribution in [1.82, 2.24) is 14.7 Å². The normalized spacial score (nSPS) is 11.2. The third-order valence-corrected chi connectivity index (χ3v) is 6.62. The van der Waals surface area contributed by atoms with Crippen molar-refractivity contribution < 1.29 is 4.79 Å². The molecule has 1 N–H and O–H groups in total. The monoisotopic (exact) mass is 459 g/mol. The number of pyridine rings is 1. The summed E-state index contributed by atoms with van der Waals surface area (Å²) in [4.78, 5) is 18.5. The number of nitrogens with zero attached hydrogens (tertiary/aromatic N) is 2. The zero-order chi connectivity index (χ0) is 24.4. The molecule has 0 fully saturated rings. The van der Waals surface area contributed by atoms with Gasteiger partial charge in [0.25, 0.3) is 0 Å². The first kappa shape index (κ1) is 22.6. The van der Waals surface area contributed by atoms with E-state index in [0.717, 1.165) is 39.3 Å². The van der Waals surface area contributed by atoms with Crippen LogP contribution in [0.2, 0.25) is 0 Å². The molecule has 0 aliphatic carbocycles. The lowest BCUT2D eigenvalue weighted by Crippen LogP contribution is -2.31. The van der Waals surface area contributed by atoms with Gasteiger partial charge >= 0.3 is 0 Å². The molecule has 174 valence electrons. The average Bonchev–Trinajstić information content (AvgIpc) is 3.25. The van der Waals surface area contributed by atoms with Crippen LogP contribution in [0.5, 0.6) is 0 Å². The fourth-order valence-electron chi connectivity index (χ4n) is 4.56. The molecule has 0 atom stereocenters. The summed E-state index contributed by atoms with van der Waals surface area (Å²) in [5.41, 5.74) is 9.29. The maximum atomic E-state index is 13.5. The number of hydrogen-bond donors (Lipinski definition) is 1. The highest BCUT2D eigenvalue weighted by Crippen LogP contribution is 2.29. The number of hydrogen-bond acceptors (Lipinski definition) is 2. The number of carbonyl (C=O) groups excluding carboxylic acids is 1. The summed E-state index contributed by atoms with van der Waals surface area (Å²) in [7, 11) is 0. The lowest BCUT2D eigenvalue weighted by Gasteiger charge is -2.20. The third-order valence-electron chi connectivity index (χ3n) is 6.62. The molecule has 0 unspecified atom stereocenters. The van der Waals surface area contributed by atoms with Crippen LogP contribution in [0.15, 0.2) is 97.2 Å². The molecule has 0 aliphatic heterocycles. The molecule has 4 nitrogen and oxygen atoms in total. The Labute approximate surface area is 206 Å². The number of nitrogens with one attached hydrogen (secondary N) is 1. The Hall–Kier alpha value is -4.18. The molecule has 0 saturated heterocycles. The Morgan fingerprint density at radius 2 is 1.46 bits per heavy atom. The minimum atomic E-state index is -0.226. The van der Waals surface area contributed by atoms with Gasteiger partial charge in [0.1, 0.15) is 5.65 Å². The number of fused-ring (bicyclic) bond motifs is 1. The molecule has 35 heavy (non-hydrogen) atoms. The van der Waals surface area contributed by atoms with Crippen molar-refractivity contribution in [3.05, 3.63) is 131 Å². The van der Waals surface area contributed by atoms with Gasteiger partial charge in [-0.25, -0.2) is 4.98 Å². The second-order valence-electron chi connectivity index (χ2n) is 9.09. The largest absolute Gasteiger partial charge is 0.345 e. The number of aryl methyl sites for hydroxylation is 3. The van der Waals surface area contributed by atoms with Gasteiger partial charge in [0.05, 0.1) is 23.9 Å². The minimum absolute atomic E-state index is 0.0453. The molecule has 0 saturated carbocycles. The molecule has 5 aromatic rings. The van der Waals surface area contributed by atoms with Crippen LogP contribution < -0.4 is 5.32 Å². The number of amides is 1. The second-order valence-corrected chi connectivity index (χ2v) is 9.09. The molecule has 4 heteroatoms. The van der Waals surface area contributed by atoms with E-state index in [2.05, 4.69) is 79.0 Å². The van der Waals surface area contributed by atoms with Gasteiger partial charge in [-0.1, -0.05) is 78.9 Å². The summed E-state index contributed by atoms with van der Waals surface area (Å²) >= 11 is 0. The van der Waals surface area contributed by atoms with Crippen molar-refractivity contribution in [2.75, 3.05) is 0 Å². The predicted octanol–water partition coefficient (Wildman–Crippen LogP) is 6.37. The average molecular weight is 460 g/mol. The van der Waals surface area contributed by atoms with Crippen LogP contribution in [0, 0.1) is 20.8 Å². The van der Waals surface area contributed by atoms with Crippen LogP contribution in [0.4, 0.5) is 0 Å². The summed E-state index contributed by atoms with van der Waals surface area (Å²) in [6, 6.07) is 30.4. The van der Waals surface area contributed by atoms with E-state index in [1.54, 1.807) is 0 Å². The lowest BCUT2D eigenvalue weighted by molar-refractivity contribution is -0.121. The van der Waals surface area contributed by atoms with Gasteiger partial charge in [-0.15, -0.1) is 0 Å². The van der Waals surface area contributed by atoms with E-state index in [1.807, 2.05) is 48.7 Å². The maximum Gasteiger partial charge on any atom is 0.226 e. The maximum absolute atomic E-state index is 13.5. The van der Waals surface area contributed by atoms with E-state index in [0.29, 0.717) is 0 Å². The molecule has 1 amide bonds. The Morgan fingerprint density at radius 1 is 0.800 bits per heavy atom. The quantitative estimate of drug-likeness (QED) is 0.320. The highest BCUT2D eigenvalue weighted by Gasteiger charge is 2.21. The van der Waals surface area contributed by atoms with E-state index < -0.39 is 0 Å². The Kier molecular flexibility index (Phi) is 6.19. The second kappa shape index (κ2) is 9.59. The first-order valence-corrected chi connectivity index (χ1v) is 11.9. The molecule has 2 heterocycles. The molecule has 0 spiro atoms. The number of aromatic nitrogens is 2. The highest BCUT2D eigenvalue weighted by atomic mass is 16.1. The molecule has 5 rings (SSSR count). The highest BCUT2D eigenvalue weighted by molar-refractivity contribution is 5.82. The minimum Gasteiger partial charge on any atom is -0.345 e. The molecular formula is C31H29N3O. The molecule has 0 radical (unpaired) electrons. The van der Waals surface area contributed by atoms with Crippen molar-refractivity contribution in [2.45, 2.75) is 33.2 Å². The van der Waals surface area contributed by atoms with Crippen LogP contribution in [0.25, 0.3) is 16.9 Å². The SMILES string of the molecule is Cc1ccc(-c2nc3c(C)cccn3c2CC(=O)NC(c2ccccc2)c2ccccc2)cc1C. The topological polar surface area (TPSA) is 46.4 Å². The Balaban J connectivity index is 1.53. The van der Waals surface area contributed by atoms with Gasteiger partial charge < -0.3 is 9.72 Å². The fraction of sp³-hybridized carbons (Fsp3) is 0.161. The molecule has 0 bridgehead atoms. The van der Waals surface area contributed by atoms with Gasteiger partial charge in [-0.3, -0.25) is 4.79 Å². The first-order chi connectivity index (χ1) is 17.0. The zero-order valence-corrected chi connectivity index (χ0v) is 20.3. The number of carbonyl (C=O) groups is 1. The molecule has 0 aliphatic rings. The van der Waals surface area contributed by atoms with Crippen LogP contribution >= 0.6 is 0 Å². The van der Waals surface area contributed by atoms with Crippen molar-refractivity contribution in [1.29, 1.82) is 0 Å². The number of imidazole rings is 1. The fourth-order valence-corrected chi connectivity index (χ4v) is 4.56. The predicted molar refractivity (Wildman–Crippen MR) is 141 cm³/mol. The molecule has 3 aromatic carbocycles. The summed E-state index contributed by atoms with van der Waals surface area (Å²) in [5.74, 6) is -0.0453. The third kappa shape index (κ3) is 4.60. The van der Waals surface area contributed by atoms with Crippen LogP contribution in [0.1, 0.15) is 39.6 Å². The van der Waals surface area contributed by atoms with E-state index >= 15 is 0 Å². The van der Waals surface area contributed by atoms with E-state index in [1.165, 1.54) is 11.1 Å². The summed E-state index contributed by atoms with van der Waals surface area (Å²) in [6.45, 7) is 6.27. The van der Waals surface area contributed by atoms with Crippen molar-refractivity contribution in [2.24, 2.45) is 0 Å². The number of benzene rings is 3. The zero-order valence-electron chi connectivity index (χ0n) is 20.3. The molecule has 2 aromatic heterocycles. The lowest BCUT2D eigenvalue weighted by atomic mass is 9.98. The van der Waals surface area contributed by atoms with E-state index in [-0.39, 0.29) is 18.4 Å². The van der Waals surface area contributed by atoms with Crippen LogP contribution in [-0.2, 0) is 11.2 Å². The standard InChI is InChI=1S/C31H29N3O/c1-21-16-17-26(19-23(21)3)30-27(34-18-10-11-22(2)31(34)33-30)20-28(35)32-29(24-12-6-4-7-13-24)25-14-8-5-9-15-25/h4-19,29H,20H2,1-3H3,(H,32,35). The van der Waals surface area contributed by atoms with Gasteiger partial charge in [-0.05, 0) is 60.7 Å². The van der Waals surface area contributed by atoms with Gasteiger partial charge in [0.15, 0.2) is 0 Å². The van der Waals surface area contributed by atoms with Gasteiger partial charge in [0.2, 0.25) is 5.91 Å². The molecular weight excluding hydrogens is 430 g/mol. The van der Waals surface area contributed by atoms with Gasteiger partial charge in [-0.2, -0.15) is 0 Å². The van der Waals surface area contributed by atoms with Crippen LogP contribution in [-0.4, -0.2) is 15.3 Å². The summed E-state index contributed by atoms with van der Waals surface area (Å²) in [5, 5.41) is 3.29. The van der Waals surface area contributed by atoms with Gasteiger partial charge in [0, 0.05) is 11.8 Å². The first-order valence-electron chi connectivity index (χ1n) is 11.9. The van der Waals surface area contributed by atoms with Crippen molar-refractivity contribution >= 4 is 11.6 Å². The summed E-state index contributed by atoms with van der Waals surface area (Å²) in [6.07, 6.45) is 2.22. The summed E-state index contributed by atoms with van der Waals surface area (Å²) < 4.78 is 2.06. The van der Waals surface area contributed by atoms with Crippen molar-refractivity contribution in [3.8, 4) is 11.3 Å².